The average Bonchev–Trinajstić information content (AvgIpc) is 3.27. The Balaban J connectivity index is 1.49. The van der Waals surface area contributed by atoms with Gasteiger partial charge in [-0.1, -0.05) is 35.5 Å². The zero-order valence-corrected chi connectivity index (χ0v) is 14.2. The van der Waals surface area contributed by atoms with Crippen LogP contribution in [0, 0.1) is 0 Å². The maximum atomic E-state index is 13.0. The summed E-state index contributed by atoms with van der Waals surface area (Å²) in [6, 6.07) is 14.1. The topological polar surface area (TPSA) is 65.8 Å². The van der Waals surface area contributed by atoms with Crippen LogP contribution in [0.15, 0.2) is 64.2 Å². The summed E-state index contributed by atoms with van der Waals surface area (Å²) in [4.78, 5) is 17.4. The lowest BCUT2D eigenvalue weighted by molar-refractivity contribution is 0.365. The van der Waals surface area contributed by atoms with E-state index < -0.39 is 0 Å². The van der Waals surface area contributed by atoms with Crippen LogP contribution in [0.1, 0.15) is 36.0 Å². The van der Waals surface area contributed by atoms with Crippen molar-refractivity contribution in [3.05, 3.63) is 82.5 Å². The molecule has 0 spiro atoms. The quantitative estimate of drug-likeness (QED) is 0.557. The third kappa shape index (κ3) is 2.73. The maximum absolute atomic E-state index is 13.0. The molecule has 5 rings (SSSR count). The molecule has 0 amide bonds. The molecule has 1 aromatic carbocycles. The van der Waals surface area contributed by atoms with Gasteiger partial charge in [-0.15, -0.1) is 0 Å². The number of rotatable bonds is 5. The van der Waals surface area contributed by atoms with Gasteiger partial charge in [-0.25, -0.2) is 0 Å². The first-order valence-corrected chi connectivity index (χ1v) is 8.82. The Kier molecular flexibility index (Phi) is 3.48. The van der Waals surface area contributed by atoms with Crippen LogP contribution in [0.2, 0.25) is 0 Å². The Morgan fingerprint density at radius 3 is 2.54 bits per heavy atom. The van der Waals surface area contributed by atoms with Gasteiger partial charge in [0, 0.05) is 30.2 Å². The van der Waals surface area contributed by atoms with E-state index in [1.54, 1.807) is 10.8 Å². The van der Waals surface area contributed by atoms with Crippen LogP contribution >= 0.6 is 0 Å². The van der Waals surface area contributed by atoms with Gasteiger partial charge in [0.1, 0.15) is 12.1 Å². The molecule has 0 saturated heterocycles. The highest BCUT2D eigenvalue weighted by atomic mass is 16.5. The Morgan fingerprint density at radius 2 is 1.77 bits per heavy atom. The van der Waals surface area contributed by atoms with Crippen LogP contribution in [0.25, 0.3) is 10.9 Å². The van der Waals surface area contributed by atoms with E-state index in [9.17, 15) is 4.79 Å². The number of pyridine rings is 1. The van der Waals surface area contributed by atoms with Gasteiger partial charge in [-0.05, 0) is 30.5 Å². The van der Waals surface area contributed by atoms with Crippen molar-refractivity contribution in [2.45, 2.75) is 31.8 Å². The van der Waals surface area contributed by atoms with Crippen molar-refractivity contribution in [1.29, 1.82) is 0 Å². The molecule has 130 valence electrons. The lowest BCUT2D eigenvalue weighted by Gasteiger charge is -2.07. The molecule has 3 aromatic heterocycles. The van der Waals surface area contributed by atoms with Crippen molar-refractivity contribution >= 4 is 10.9 Å². The van der Waals surface area contributed by atoms with Crippen LogP contribution in [-0.4, -0.2) is 19.3 Å². The van der Waals surface area contributed by atoms with Gasteiger partial charge in [0.25, 0.3) is 5.56 Å². The van der Waals surface area contributed by atoms with Crippen molar-refractivity contribution in [3.63, 3.8) is 0 Å². The first-order valence-electron chi connectivity index (χ1n) is 8.82. The van der Waals surface area contributed by atoms with Gasteiger partial charge < -0.3 is 13.7 Å². The van der Waals surface area contributed by atoms with Crippen molar-refractivity contribution in [2.75, 3.05) is 0 Å². The summed E-state index contributed by atoms with van der Waals surface area (Å²) in [6.07, 6.45) is 6.00. The van der Waals surface area contributed by atoms with E-state index in [1.165, 1.54) is 0 Å². The van der Waals surface area contributed by atoms with E-state index in [4.69, 9.17) is 4.52 Å². The summed E-state index contributed by atoms with van der Waals surface area (Å²) >= 11 is 0. The van der Waals surface area contributed by atoms with Gasteiger partial charge in [0.2, 0.25) is 5.89 Å². The van der Waals surface area contributed by atoms with Crippen molar-refractivity contribution in [2.24, 2.45) is 0 Å². The van der Waals surface area contributed by atoms with E-state index in [0.29, 0.717) is 30.4 Å². The standard InChI is InChI=1S/C20H18N4O2/c25-20-18-15(8-10-23(18)12-14-4-2-1-3-5-14)9-11-24(20)13-17-21-19(22-26-17)16-6-7-16/h1-5,8-11,16H,6-7,12-13H2. The summed E-state index contributed by atoms with van der Waals surface area (Å²) < 4.78 is 8.94. The summed E-state index contributed by atoms with van der Waals surface area (Å²) in [6.45, 7) is 0.959. The third-order valence-corrected chi connectivity index (χ3v) is 4.82. The predicted molar refractivity (Wildman–Crippen MR) is 97.1 cm³/mol. The van der Waals surface area contributed by atoms with Crippen molar-refractivity contribution < 1.29 is 4.52 Å². The maximum Gasteiger partial charge on any atom is 0.275 e. The number of hydrogen-bond donors (Lipinski definition) is 0. The molecule has 0 aliphatic heterocycles. The second kappa shape index (κ2) is 5.98. The van der Waals surface area contributed by atoms with Gasteiger partial charge in [-0.2, -0.15) is 4.98 Å². The third-order valence-electron chi connectivity index (χ3n) is 4.82. The normalized spacial score (nSPS) is 14.2. The molecular weight excluding hydrogens is 328 g/mol. The fraction of sp³-hybridized carbons (Fsp3) is 0.250. The fourth-order valence-corrected chi connectivity index (χ4v) is 3.27. The SMILES string of the molecule is O=c1c2c(ccn1Cc1nc(C3CC3)no1)ccn2Cc1ccccc1. The Labute approximate surface area is 149 Å². The van der Waals surface area contributed by atoms with Gasteiger partial charge in [0.05, 0.1) is 0 Å². The van der Waals surface area contributed by atoms with Gasteiger partial charge >= 0.3 is 0 Å². The van der Waals surface area contributed by atoms with Crippen molar-refractivity contribution in [1.82, 2.24) is 19.3 Å². The molecule has 3 heterocycles. The van der Waals surface area contributed by atoms with E-state index in [0.717, 1.165) is 29.6 Å². The number of fused-ring (bicyclic) bond motifs is 1. The molecule has 1 aliphatic rings. The second-order valence-electron chi connectivity index (χ2n) is 6.80. The zero-order valence-electron chi connectivity index (χ0n) is 14.2. The number of hydrogen-bond acceptors (Lipinski definition) is 4. The smallest absolute Gasteiger partial charge is 0.275 e. The van der Waals surface area contributed by atoms with Crippen LogP contribution in [0.4, 0.5) is 0 Å². The van der Waals surface area contributed by atoms with Gasteiger partial charge in [-0.3, -0.25) is 4.79 Å². The Morgan fingerprint density at radius 1 is 1.00 bits per heavy atom. The Bertz CT molecular complexity index is 1120. The van der Waals surface area contributed by atoms with E-state index in [-0.39, 0.29) is 5.56 Å². The van der Waals surface area contributed by atoms with E-state index >= 15 is 0 Å². The van der Waals surface area contributed by atoms with E-state index in [1.807, 2.05) is 41.1 Å². The monoisotopic (exact) mass is 346 g/mol. The highest BCUT2D eigenvalue weighted by molar-refractivity contribution is 5.79. The summed E-state index contributed by atoms with van der Waals surface area (Å²) in [5.74, 6) is 1.69. The second-order valence-corrected chi connectivity index (χ2v) is 6.80. The fourth-order valence-electron chi connectivity index (χ4n) is 3.27. The minimum atomic E-state index is -0.0467. The predicted octanol–water partition coefficient (Wildman–Crippen LogP) is 3.16. The Hall–Kier alpha value is -3.15. The highest BCUT2D eigenvalue weighted by Crippen LogP contribution is 2.38. The molecule has 0 unspecified atom stereocenters. The molecule has 0 bridgehead atoms. The summed E-state index contributed by atoms with van der Waals surface area (Å²) in [7, 11) is 0. The zero-order chi connectivity index (χ0) is 17.5. The molecule has 6 nitrogen and oxygen atoms in total. The minimum absolute atomic E-state index is 0.0467. The molecule has 26 heavy (non-hydrogen) atoms. The van der Waals surface area contributed by atoms with Crippen LogP contribution in [0.5, 0.6) is 0 Å². The van der Waals surface area contributed by atoms with E-state index in [2.05, 4.69) is 22.3 Å². The molecule has 6 heteroatoms. The summed E-state index contributed by atoms with van der Waals surface area (Å²) in [5, 5.41) is 4.96. The minimum Gasteiger partial charge on any atom is -0.339 e. The molecule has 4 aromatic rings. The van der Waals surface area contributed by atoms with Crippen LogP contribution < -0.4 is 5.56 Å². The molecule has 1 aliphatic carbocycles. The summed E-state index contributed by atoms with van der Waals surface area (Å²) in [5.41, 5.74) is 1.80. The van der Waals surface area contributed by atoms with Gasteiger partial charge in [0.15, 0.2) is 5.82 Å². The molecule has 0 atom stereocenters. The van der Waals surface area contributed by atoms with Crippen molar-refractivity contribution in [3.8, 4) is 0 Å². The lowest BCUT2D eigenvalue weighted by atomic mass is 10.2. The molecule has 1 saturated carbocycles. The molecule has 0 radical (unpaired) electrons. The van der Waals surface area contributed by atoms with Crippen LogP contribution in [-0.2, 0) is 13.1 Å². The number of nitrogens with zero attached hydrogens (tertiary/aromatic N) is 4. The molecule has 0 N–H and O–H groups in total. The first-order chi connectivity index (χ1) is 12.8. The number of benzene rings is 1. The largest absolute Gasteiger partial charge is 0.339 e. The average molecular weight is 346 g/mol. The highest BCUT2D eigenvalue weighted by Gasteiger charge is 2.28. The molecular formula is C20H18N4O2. The first kappa shape index (κ1) is 15.1. The molecule has 1 fully saturated rings. The number of aromatic nitrogens is 4. The lowest BCUT2D eigenvalue weighted by Crippen LogP contribution is -2.22. The van der Waals surface area contributed by atoms with Crippen LogP contribution in [0.3, 0.4) is 0 Å².